The van der Waals surface area contributed by atoms with Gasteiger partial charge in [0, 0.05) is 11.2 Å². The summed E-state index contributed by atoms with van der Waals surface area (Å²) >= 11 is 12.9. The molecule has 0 bridgehead atoms. The van der Waals surface area contributed by atoms with Crippen LogP contribution in [-0.4, -0.2) is 28.3 Å². The normalized spacial score (nSPS) is 11.3. The van der Waals surface area contributed by atoms with Gasteiger partial charge in [0.15, 0.2) is 5.69 Å². The fourth-order valence-electron chi connectivity index (χ4n) is 2.13. The van der Waals surface area contributed by atoms with Crippen LogP contribution in [0.25, 0.3) is 0 Å². The number of halogens is 2. The third-order valence-electron chi connectivity index (χ3n) is 3.21. The lowest BCUT2D eigenvalue weighted by Gasteiger charge is -2.25. The summed E-state index contributed by atoms with van der Waals surface area (Å²) in [4.78, 5) is 26.6. The van der Waals surface area contributed by atoms with Gasteiger partial charge in [0.1, 0.15) is 15.9 Å². The van der Waals surface area contributed by atoms with Crippen molar-refractivity contribution in [3.05, 3.63) is 44.9 Å². The summed E-state index contributed by atoms with van der Waals surface area (Å²) in [5.74, 6) is -0.750. The van der Waals surface area contributed by atoms with Crippen LogP contribution in [-0.2, 0) is 4.79 Å². The number of aryl methyl sites for hydroxylation is 1. The summed E-state index contributed by atoms with van der Waals surface area (Å²) in [6, 6.07) is 7.29. The molecule has 134 valence electrons. The van der Waals surface area contributed by atoms with Crippen LogP contribution in [0.5, 0.6) is 0 Å². The molecule has 1 aromatic carbocycles. The van der Waals surface area contributed by atoms with E-state index in [9.17, 15) is 9.59 Å². The predicted molar refractivity (Wildman–Crippen MR) is 103 cm³/mol. The first kappa shape index (κ1) is 19.7. The zero-order valence-electron chi connectivity index (χ0n) is 14.4. The lowest BCUT2D eigenvalue weighted by Crippen LogP contribution is -2.47. The molecular formula is C17H19Cl2N3O2S. The van der Waals surface area contributed by atoms with E-state index in [1.54, 1.807) is 12.1 Å². The first-order valence-electron chi connectivity index (χ1n) is 7.58. The zero-order valence-corrected chi connectivity index (χ0v) is 16.7. The van der Waals surface area contributed by atoms with Crippen LogP contribution in [0.2, 0.25) is 9.36 Å². The molecule has 8 heteroatoms. The Morgan fingerprint density at radius 1 is 1.20 bits per heavy atom. The molecule has 2 amide bonds. The molecule has 0 unspecified atom stereocenters. The number of hydrogen-bond acceptors (Lipinski definition) is 4. The van der Waals surface area contributed by atoms with Gasteiger partial charge in [0.05, 0.1) is 0 Å². The molecule has 0 radical (unpaired) electrons. The molecular weight excluding hydrogens is 381 g/mol. The zero-order chi connectivity index (χ0) is 18.8. The monoisotopic (exact) mass is 399 g/mol. The maximum absolute atomic E-state index is 12.9. The Bertz CT molecular complexity index is 782. The van der Waals surface area contributed by atoms with Crippen molar-refractivity contribution >= 4 is 52.2 Å². The molecule has 5 nitrogen and oxygen atoms in total. The second-order valence-corrected chi connectivity index (χ2v) is 8.40. The predicted octanol–water partition coefficient (Wildman–Crippen LogP) is 4.32. The Hall–Kier alpha value is -1.63. The number of nitrogens with zero attached hydrogens (tertiary/aromatic N) is 2. The van der Waals surface area contributed by atoms with Gasteiger partial charge in [-0.1, -0.05) is 40.9 Å². The molecule has 25 heavy (non-hydrogen) atoms. The fraction of sp³-hybridized carbons (Fsp3) is 0.353. The largest absolute Gasteiger partial charge is 0.350 e. The van der Waals surface area contributed by atoms with Crippen molar-refractivity contribution in [1.29, 1.82) is 0 Å². The van der Waals surface area contributed by atoms with Crippen LogP contribution >= 0.6 is 34.7 Å². The molecule has 0 aliphatic rings. The second kappa shape index (κ2) is 7.72. The first-order chi connectivity index (χ1) is 11.6. The lowest BCUT2D eigenvalue weighted by atomic mass is 10.1. The summed E-state index contributed by atoms with van der Waals surface area (Å²) < 4.78 is 4.26. The molecule has 0 spiro atoms. The van der Waals surface area contributed by atoms with Crippen LogP contribution in [0.15, 0.2) is 24.3 Å². The lowest BCUT2D eigenvalue weighted by molar-refractivity contribution is -0.121. The highest BCUT2D eigenvalue weighted by Gasteiger charge is 2.27. The minimum absolute atomic E-state index is 0.0424. The number of carbonyl (C=O) groups excluding carboxylic acids is 2. The van der Waals surface area contributed by atoms with E-state index in [-0.39, 0.29) is 27.5 Å². The maximum atomic E-state index is 12.9. The Morgan fingerprint density at radius 2 is 1.80 bits per heavy atom. The van der Waals surface area contributed by atoms with Crippen molar-refractivity contribution in [3.8, 4) is 0 Å². The van der Waals surface area contributed by atoms with Gasteiger partial charge >= 0.3 is 0 Å². The summed E-state index contributed by atoms with van der Waals surface area (Å²) in [7, 11) is 0. The Morgan fingerprint density at radius 3 is 2.28 bits per heavy atom. The maximum Gasteiger partial charge on any atom is 0.280 e. The van der Waals surface area contributed by atoms with Crippen LogP contribution in [0.4, 0.5) is 5.69 Å². The number of nitrogens with one attached hydrogen (secondary N) is 1. The summed E-state index contributed by atoms with van der Waals surface area (Å²) in [5.41, 5.74) is 1.27. The summed E-state index contributed by atoms with van der Waals surface area (Å²) in [6.45, 7) is 7.42. The van der Waals surface area contributed by atoms with Gasteiger partial charge in [-0.2, -0.15) is 4.37 Å². The topological polar surface area (TPSA) is 62.3 Å². The van der Waals surface area contributed by atoms with Crippen LogP contribution in [0.3, 0.4) is 0 Å². The molecule has 2 rings (SSSR count). The van der Waals surface area contributed by atoms with Gasteiger partial charge in [-0.05, 0) is 51.4 Å². The molecule has 2 aromatic rings. The number of aromatic nitrogens is 1. The van der Waals surface area contributed by atoms with Crippen LogP contribution < -0.4 is 10.2 Å². The van der Waals surface area contributed by atoms with Crippen molar-refractivity contribution < 1.29 is 9.59 Å². The van der Waals surface area contributed by atoms with E-state index in [1.807, 2.05) is 39.8 Å². The molecule has 0 atom stereocenters. The molecule has 0 aliphatic carbocycles. The standard InChI is InChI=1S/C17H19Cl2N3O2S/c1-10-5-7-11(8-6-10)22(9-12(23)20-17(2,3)4)16(24)14-13(18)15(19)25-21-14/h5-8H,9H2,1-4H3,(H,20,23). The molecule has 1 aromatic heterocycles. The van der Waals surface area contributed by atoms with Crippen molar-refractivity contribution in [1.82, 2.24) is 9.69 Å². The van der Waals surface area contributed by atoms with E-state index in [0.29, 0.717) is 5.69 Å². The minimum atomic E-state index is -0.471. The SMILES string of the molecule is Cc1ccc(N(CC(=O)NC(C)(C)C)C(=O)c2nsc(Cl)c2Cl)cc1. The molecule has 0 aliphatic heterocycles. The van der Waals surface area contributed by atoms with Crippen molar-refractivity contribution in [2.75, 3.05) is 11.4 Å². The van der Waals surface area contributed by atoms with E-state index in [0.717, 1.165) is 17.1 Å². The Labute approximate surface area is 161 Å². The van der Waals surface area contributed by atoms with Crippen molar-refractivity contribution in [2.24, 2.45) is 0 Å². The van der Waals surface area contributed by atoms with E-state index in [4.69, 9.17) is 23.2 Å². The fourth-order valence-corrected chi connectivity index (χ4v) is 3.11. The van der Waals surface area contributed by atoms with Gasteiger partial charge < -0.3 is 5.32 Å². The third-order valence-corrected chi connectivity index (χ3v) is 4.82. The minimum Gasteiger partial charge on any atom is -0.350 e. The highest BCUT2D eigenvalue weighted by Crippen LogP contribution is 2.31. The number of carbonyl (C=O) groups is 2. The molecule has 1 heterocycles. The van der Waals surface area contributed by atoms with E-state index >= 15 is 0 Å². The van der Waals surface area contributed by atoms with E-state index in [1.165, 1.54) is 4.90 Å². The van der Waals surface area contributed by atoms with Gasteiger partial charge in [-0.15, -0.1) is 0 Å². The second-order valence-electron chi connectivity index (χ2n) is 6.64. The van der Waals surface area contributed by atoms with Gasteiger partial charge in [-0.3, -0.25) is 14.5 Å². The highest BCUT2D eigenvalue weighted by atomic mass is 35.5. The number of anilines is 1. The third kappa shape index (κ3) is 5.17. The molecule has 0 saturated heterocycles. The quantitative estimate of drug-likeness (QED) is 0.832. The Kier molecular flexibility index (Phi) is 6.08. The highest BCUT2D eigenvalue weighted by molar-refractivity contribution is 7.11. The summed E-state index contributed by atoms with van der Waals surface area (Å²) in [6.07, 6.45) is 0. The Balaban J connectivity index is 2.35. The van der Waals surface area contributed by atoms with Crippen molar-refractivity contribution in [2.45, 2.75) is 33.2 Å². The number of rotatable bonds is 4. The number of benzene rings is 1. The average Bonchev–Trinajstić information content (AvgIpc) is 2.83. The molecule has 1 N–H and O–H groups in total. The average molecular weight is 400 g/mol. The van der Waals surface area contributed by atoms with Crippen molar-refractivity contribution in [3.63, 3.8) is 0 Å². The van der Waals surface area contributed by atoms with E-state index < -0.39 is 11.4 Å². The first-order valence-corrected chi connectivity index (χ1v) is 9.11. The number of amides is 2. The molecule has 0 fully saturated rings. The van der Waals surface area contributed by atoms with Crippen LogP contribution in [0.1, 0.15) is 36.8 Å². The van der Waals surface area contributed by atoms with Gasteiger partial charge in [-0.25, -0.2) is 0 Å². The smallest absolute Gasteiger partial charge is 0.280 e. The molecule has 0 saturated carbocycles. The van der Waals surface area contributed by atoms with Gasteiger partial charge in [0.25, 0.3) is 5.91 Å². The van der Waals surface area contributed by atoms with E-state index in [2.05, 4.69) is 9.69 Å². The summed E-state index contributed by atoms with van der Waals surface area (Å²) in [5, 5.41) is 2.95. The van der Waals surface area contributed by atoms with Crippen LogP contribution in [0, 0.1) is 6.92 Å². The van der Waals surface area contributed by atoms with Gasteiger partial charge in [0.2, 0.25) is 5.91 Å². The number of hydrogen-bond donors (Lipinski definition) is 1.